The first-order valence-electron chi connectivity index (χ1n) is 9.34. The van der Waals surface area contributed by atoms with Crippen LogP contribution in [0.1, 0.15) is 17.6 Å². The zero-order chi connectivity index (χ0) is 20.9. The van der Waals surface area contributed by atoms with Crippen LogP contribution in [-0.4, -0.2) is 47.5 Å². The molecule has 9 heteroatoms. The van der Waals surface area contributed by atoms with Gasteiger partial charge in [0, 0.05) is 13.6 Å². The molecule has 4 rings (SSSR count). The Morgan fingerprint density at radius 1 is 1.20 bits per heavy atom. The van der Waals surface area contributed by atoms with Crippen LogP contribution >= 0.6 is 11.8 Å². The van der Waals surface area contributed by atoms with Crippen LogP contribution in [0.5, 0.6) is 17.2 Å². The van der Waals surface area contributed by atoms with Crippen molar-refractivity contribution in [2.24, 2.45) is 0 Å². The van der Waals surface area contributed by atoms with E-state index >= 15 is 0 Å². The Morgan fingerprint density at radius 2 is 2.03 bits per heavy atom. The molecule has 0 saturated carbocycles. The Labute approximate surface area is 178 Å². The average Bonchev–Trinajstić information content (AvgIpc) is 3.26. The molecule has 30 heavy (non-hydrogen) atoms. The summed E-state index contributed by atoms with van der Waals surface area (Å²) >= 11 is 1.19. The summed E-state index contributed by atoms with van der Waals surface area (Å²) in [5.41, 5.74) is 0.991. The van der Waals surface area contributed by atoms with E-state index in [-0.39, 0.29) is 18.3 Å². The normalized spacial score (nSPS) is 14.9. The van der Waals surface area contributed by atoms with Gasteiger partial charge in [-0.15, -0.1) is 10.2 Å². The topological polar surface area (TPSA) is 86.9 Å². The second kappa shape index (κ2) is 9.08. The number of amides is 1. The Balaban J connectivity index is 1.30. The molecule has 1 unspecified atom stereocenters. The highest BCUT2D eigenvalue weighted by Gasteiger charge is 2.27. The number of aromatic nitrogens is 2. The van der Waals surface area contributed by atoms with Crippen LogP contribution < -0.4 is 14.2 Å². The van der Waals surface area contributed by atoms with Crippen LogP contribution in [-0.2, 0) is 11.3 Å². The lowest BCUT2D eigenvalue weighted by Crippen LogP contribution is -2.27. The maximum absolute atomic E-state index is 12.5. The number of nitrogens with zero attached hydrogens (tertiary/aromatic N) is 3. The minimum absolute atomic E-state index is 0.0475. The quantitative estimate of drug-likeness (QED) is 0.531. The molecular formula is C21H21N3O5S. The van der Waals surface area contributed by atoms with Crippen LogP contribution in [0.25, 0.3) is 0 Å². The molecule has 156 valence electrons. The SMILES string of the molecule is COc1cccc(CN(C)C(=O)CSc2nnc(C3COc4ccccc4O3)o2)c1. The highest BCUT2D eigenvalue weighted by Crippen LogP contribution is 2.35. The summed E-state index contributed by atoms with van der Waals surface area (Å²) in [6.07, 6.45) is -0.479. The molecule has 1 aliphatic rings. The first-order chi connectivity index (χ1) is 14.6. The molecule has 2 aromatic carbocycles. The maximum atomic E-state index is 12.5. The van der Waals surface area contributed by atoms with Crippen LogP contribution in [0, 0.1) is 0 Å². The number of carbonyl (C=O) groups is 1. The first kappa shape index (κ1) is 20.1. The van der Waals surface area contributed by atoms with Crippen molar-refractivity contribution in [3.8, 4) is 17.2 Å². The van der Waals surface area contributed by atoms with Crippen LogP contribution in [0.2, 0.25) is 0 Å². The van der Waals surface area contributed by atoms with E-state index in [1.165, 1.54) is 11.8 Å². The zero-order valence-electron chi connectivity index (χ0n) is 16.6. The lowest BCUT2D eigenvalue weighted by Gasteiger charge is -2.23. The van der Waals surface area contributed by atoms with Crippen LogP contribution in [0.4, 0.5) is 0 Å². The summed E-state index contributed by atoms with van der Waals surface area (Å²) in [4.78, 5) is 14.1. The summed E-state index contributed by atoms with van der Waals surface area (Å²) in [7, 11) is 3.37. The van der Waals surface area contributed by atoms with Gasteiger partial charge in [0.05, 0.1) is 12.9 Å². The van der Waals surface area contributed by atoms with Crippen molar-refractivity contribution in [2.45, 2.75) is 17.9 Å². The Hall–Kier alpha value is -3.20. The Morgan fingerprint density at radius 3 is 2.87 bits per heavy atom. The standard InChI is InChI=1S/C21H21N3O5S/c1-24(11-14-6-5-7-15(10-14)26-2)19(25)13-30-21-23-22-20(29-21)18-12-27-16-8-3-4-9-17(16)28-18/h3-10,18H,11-13H2,1-2H3. The third-order valence-corrected chi connectivity index (χ3v) is 5.31. The molecule has 3 aromatic rings. The van der Waals surface area contributed by atoms with Gasteiger partial charge in [0.2, 0.25) is 12.0 Å². The van der Waals surface area contributed by atoms with Crippen molar-refractivity contribution in [1.82, 2.24) is 15.1 Å². The summed E-state index contributed by atoms with van der Waals surface area (Å²) in [6.45, 7) is 0.768. The second-order valence-corrected chi connectivity index (χ2v) is 7.59. The number of hydrogen-bond donors (Lipinski definition) is 0. The number of carbonyl (C=O) groups excluding carboxylic acids is 1. The highest BCUT2D eigenvalue weighted by atomic mass is 32.2. The summed E-state index contributed by atoms with van der Waals surface area (Å²) in [5, 5.41) is 8.37. The molecule has 1 aliphatic heterocycles. The van der Waals surface area contributed by atoms with Gasteiger partial charge >= 0.3 is 0 Å². The van der Waals surface area contributed by atoms with E-state index in [0.717, 1.165) is 11.3 Å². The molecule has 2 heterocycles. The summed E-state index contributed by atoms with van der Waals surface area (Å²) in [6, 6.07) is 15.0. The molecule has 0 aliphatic carbocycles. The van der Waals surface area contributed by atoms with Gasteiger partial charge in [-0.05, 0) is 29.8 Å². The largest absolute Gasteiger partial charge is 0.497 e. The first-order valence-corrected chi connectivity index (χ1v) is 10.3. The lowest BCUT2D eigenvalue weighted by atomic mass is 10.2. The van der Waals surface area contributed by atoms with Crippen molar-refractivity contribution >= 4 is 17.7 Å². The Bertz CT molecular complexity index is 1030. The molecule has 0 radical (unpaired) electrons. The fraction of sp³-hybridized carbons (Fsp3) is 0.286. The van der Waals surface area contributed by atoms with E-state index in [4.69, 9.17) is 18.6 Å². The zero-order valence-corrected chi connectivity index (χ0v) is 17.4. The molecule has 0 saturated heterocycles. The number of thioether (sulfide) groups is 1. The molecule has 0 bridgehead atoms. The predicted molar refractivity (Wildman–Crippen MR) is 110 cm³/mol. The third kappa shape index (κ3) is 4.68. The van der Waals surface area contributed by atoms with E-state index in [2.05, 4.69) is 10.2 Å². The average molecular weight is 427 g/mol. The molecule has 8 nitrogen and oxygen atoms in total. The number of hydrogen-bond acceptors (Lipinski definition) is 8. The number of ether oxygens (including phenoxy) is 3. The molecule has 0 N–H and O–H groups in total. The van der Waals surface area contributed by atoms with Gasteiger partial charge < -0.3 is 23.5 Å². The van der Waals surface area contributed by atoms with Gasteiger partial charge in [0.15, 0.2) is 11.5 Å². The molecular weight excluding hydrogens is 406 g/mol. The van der Waals surface area contributed by atoms with E-state index < -0.39 is 6.10 Å². The summed E-state index contributed by atoms with van der Waals surface area (Å²) in [5.74, 6) is 2.55. The fourth-order valence-corrected chi connectivity index (χ4v) is 3.63. The van der Waals surface area contributed by atoms with Crippen molar-refractivity contribution in [3.05, 3.63) is 60.0 Å². The number of benzene rings is 2. The maximum Gasteiger partial charge on any atom is 0.277 e. The fourth-order valence-electron chi connectivity index (χ4n) is 2.92. The highest BCUT2D eigenvalue weighted by molar-refractivity contribution is 7.99. The number of para-hydroxylation sites is 2. The van der Waals surface area contributed by atoms with E-state index in [9.17, 15) is 4.79 Å². The molecule has 1 amide bonds. The second-order valence-electron chi connectivity index (χ2n) is 6.66. The number of rotatable bonds is 7. The molecule has 0 spiro atoms. The van der Waals surface area contributed by atoms with Gasteiger partial charge in [0.25, 0.3) is 11.1 Å². The van der Waals surface area contributed by atoms with E-state index in [1.54, 1.807) is 19.1 Å². The lowest BCUT2D eigenvalue weighted by molar-refractivity contribution is -0.127. The number of methoxy groups -OCH3 is 1. The Kier molecular flexibility index (Phi) is 6.08. The van der Waals surface area contributed by atoms with Gasteiger partial charge in [0.1, 0.15) is 12.4 Å². The summed E-state index contributed by atoms with van der Waals surface area (Å²) < 4.78 is 22.4. The predicted octanol–water partition coefficient (Wildman–Crippen LogP) is 3.34. The minimum atomic E-state index is -0.479. The van der Waals surface area contributed by atoms with Crippen LogP contribution in [0.3, 0.4) is 0 Å². The smallest absolute Gasteiger partial charge is 0.277 e. The van der Waals surface area contributed by atoms with E-state index in [0.29, 0.717) is 29.2 Å². The molecule has 1 aromatic heterocycles. The van der Waals surface area contributed by atoms with Crippen molar-refractivity contribution in [3.63, 3.8) is 0 Å². The van der Waals surface area contributed by atoms with Gasteiger partial charge in [-0.3, -0.25) is 4.79 Å². The van der Waals surface area contributed by atoms with Gasteiger partial charge in [-0.25, -0.2) is 0 Å². The van der Waals surface area contributed by atoms with Crippen LogP contribution in [0.15, 0.2) is 58.2 Å². The van der Waals surface area contributed by atoms with Crippen molar-refractivity contribution < 1.29 is 23.4 Å². The molecule has 1 atom stereocenters. The van der Waals surface area contributed by atoms with Gasteiger partial charge in [-0.2, -0.15) is 0 Å². The van der Waals surface area contributed by atoms with Gasteiger partial charge in [-0.1, -0.05) is 36.0 Å². The van der Waals surface area contributed by atoms with Crippen molar-refractivity contribution in [1.29, 1.82) is 0 Å². The van der Waals surface area contributed by atoms with Crippen molar-refractivity contribution in [2.75, 3.05) is 26.5 Å². The number of fused-ring (bicyclic) bond motifs is 1. The third-order valence-electron chi connectivity index (χ3n) is 4.50. The molecule has 0 fully saturated rings. The minimum Gasteiger partial charge on any atom is -0.497 e. The van der Waals surface area contributed by atoms with E-state index in [1.807, 2.05) is 48.5 Å². The monoisotopic (exact) mass is 427 g/mol.